The highest BCUT2D eigenvalue weighted by molar-refractivity contribution is 6.33. The number of hydrogen-bond donors (Lipinski definition) is 1. The standard InChI is InChI=1S/C11H15ClF2N2/c1-16(7-10(13)14)11-8(5-6-15)3-2-4-9(11)12/h2-4,10H,5-7,15H2,1H3. The first-order valence-corrected chi connectivity index (χ1v) is 5.40. The van der Waals surface area contributed by atoms with Crippen molar-refractivity contribution in [3.05, 3.63) is 28.8 Å². The predicted molar refractivity (Wildman–Crippen MR) is 63.5 cm³/mol. The van der Waals surface area contributed by atoms with E-state index in [0.717, 1.165) is 5.56 Å². The summed E-state index contributed by atoms with van der Waals surface area (Å²) in [6.07, 6.45) is -1.75. The quantitative estimate of drug-likeness (QED) is 0.868. The largest absolute Gasteiger partial charge is 0.367 e. The van der Waals surface area contributed by atoms with E-state index in [4.69, 9.17) is 17.3 Å². The Morgan fingerprint density at radius 1 is 1.44 bits per heavy atom. The summed E-state index contributed by atoms with van der Waals surface area (Å²) in [5, 5.41) is 0.481. The summed E-state index contributed by atoms with van der Waals surface area (Å²) < 4.78 is 24.6. The minimum absolute atomic E-state index is 0.332. The minimum atomic E-state index is -2.38. The van der Waals surface area contributed by atoms with Gasteiger partial charge in [0.15, 0.2) is 0 Å². The van der Waals surface area contributed by atoms with E-state index in [1.807, 2.05) is 6.07 Å². The van der Waals surface area contributed by atoms with Gasteiger partial charge in [0.25, 0.3) is 6.43 Å². The van der Waals surface area contributed by atoms with Gasteiger partial charge in [-0.15, -0.1) is 0 Å². The van der Waals surface area contributed by atoms with Crippen LogP contribution in [0.5, 0.6) is 0 Å². The average molecular weight is 249 g/mol. The molecule has 90 valence electrons. The zero-order chi connectivity index (χ0) is 12.1. The van der Waals surface area contributed by atoms with Crippen LogP contribution < -0.4 is 10.6 Å². The molecule has 0 atom stereocenters. The van der Waals surface area contributed by atoms with Crippen molar-refractivity contribution in [2.75, 3.05) is 25.0 Å². The molecule has 0 spiro atoms. The maximum Gasteiger partial charge on any atom is 0.255 e. The molecule has 0 aliphatic rings. The van der Waals surface area contributed by atoms with Crippen LogP contribution in [0.2, 0.25) is 5.02 Å². The molecule has 5 heteroatoms. The number of nitrogens with zero attached hydrogens (tertiary/aromatic N) is 1. The molecule has 0 aliphatic carbocycles. The second-order valence-corrected chi connectivity index (χ2v) is 3.97. The lowest BCUT2D eigenvalue weighted by Gasteiger charge is -2.23. The van der Waals surface area contributed by atoms with Crippen molar-refractivity contribution in [1.82, 2.24) is 0 Å². The summed E-state index contributed by atoms with van der Waals surface area (Å²) in [5.74, 6) is 0. The first kappa shape index (κ1) is 13.2. The first-order chi connectivity index (χ1) is 7.56. The van der Waals surface area contributed by atoms with Gasteiger partial charge in [-0.2, -0.15) is 0 Å². The van der Waals surface area contributed by atoms with Crippen molar-refractivity contribution in [2.24, 2.45) is 5.73 Å². The van der Waals surface area contributed by atoms with Crippen molar-refractivity contribution in [3.8, 4) is 0 Å². The fourth-order valence-corrected chi connectivity index (χ4v) is 1.98. The highest BCUT2D eigenvalue weighted by Crippen LogP contribution is 2.29. The number of rotatable bonds is 5. The van der Waals surface area contributed by atoms with Crippen molar-refractivity contribution in [3.63, 3.8) is 0 Å². The van der Waals surface area contributed by atoms with Crippen LogP contribution >= 0.6 is 11.6 Å². The zero-order valence-corrected chi connectivity index (χ0v) is 9.85. The molecule has 16 heavy (non-hydrogen) atoms. The summed E-state index contributed by atoms with van der Waals surface area (Å²) in [6, 6.07) is 5.35. The zero-order valence-electron chi connectivity index (χ0n) is 9.09. The van der Waals surface area contributed by atoms with Crippen LogP contribution in [-0.4, -0.2) is 26.6 Å². The summed E-state index contributed by atoms with van der Waals surface area (Å²) in [4.78, 5) is 1.47. The molecule has 0 aromatic heterocycles. The van der Waals surface area contributed by atoms with Gasteiger partial charge in [0.05, 0.1) is 17.3 Å². The molecule has 1 aromatic carbocycles. The number of para-hydroxylation sites is 1. The van der Waals surface area contributed by atoms with Gasteiger partial charge in [-0.25, -0.2) is 8.78 Å². The van der Waals surface area contributed by atoms with Gasteiger partial charge < -0.3 is 10.6 Å². The lowest BCUT2D eigenvalue weighted by atomic mass is 10.1. The van der Waals surface area contributed by atoms with Crippen LogP contribution in [0.4, 0.5) is 14.5 Å². The van der Waals surface area contributed by atoms with Crippen LogP contribution in [0.1, 0.15) is 5.56 Å². The number of hydrogen-bond acceptors (Lipinski definition) is 2. The van der Waals surface area contributed by atoms with Crippen molar-refractivity contribution in [2.45, 2.75) is 12.8 Å². The number of anilines is 1. The van der Waals surface area contributed by atoms with Gasteiger partial charge in [0, 0.05) is 7.05 Å². The molecule has 0 fully saturated rings. The molecule has 0 amide bonds. The Kier molecular flexibility index (Phi) is 4.96. The smallest absolute Gasteiger partial charge is 0.255 e. The number of nitrogens with two attached hydrogens (primary N) is 1. The second kappa shape index (κ2) is 6.01. The molecule has 0 unspecified atom stereocenters. The van der Waals surface area contributed by atoms with E-state index in [0.29, 0.717) is 23.7 Å². The van der Waals surface area contributed by atoms with E-state index in [9.17, 15) is 8.78 Å². The van der Waals surface area contributed by atoms with E-state index >= 15 is 0 Å². The summed E-state index contributed by atoms with van der Waals surface area (Å²) >= 11 is 6.02. The Morgan fingerprint density at radius 2 is 2.12 bits per heavy atom. The van der Waals surface area contributed by atoms with Crippen LogP contribution in [0.25, 0.3) is 0 Å². The predicted octanol–water partition coefficient (Wildman–Crippen LogP) is 2.54. The van der Waals surface area contributed by atoms with Gasteiger partial charge >= 0.3 is 0 Å². The fourth-order valence-electron chi connectivity index (χ4n) is 1.64. The molecule has 0 heterocycles. The summed E-state index contributed by atoms with van der Waals surface area (Å²) in [6.45, 7) is 0.136. The van der Waals surface area contributed by atoms with Crippen LogP contribution in [0, 0.1) is 0 Å². The van der Waals surface area contributed by atoms with Gasteiger partial charge in [-0.1, -0.05) is 23.7 Å². The highest BCUT2D eigenvalue weighted by atomic mass is 35.5. The van der Waals surface area contributed by atoms with Crippen molar-refractivity contribution < 1.29 is 8.78 Å². The van der Waals surface area contributed by atoms with E-state index in [1.165, 1.54) is 4.90 Å². The summed E-state index contributed by atoms with van der Waals surface area (Å²) in [7, 11) is 1.60. The molecule has 0 saturated carbocycles. The monoisotopic (exact) mass is 248 g/mol. The molecule has 0 saturated heterocycles. The maximum atomic E-state index is 12.3. The Labute approximate surface area is 99.0 Å². The third kappa shape index (κ3) is 3.32. The van der Waals surface area contributed by atoms with Crippen LogP contribution in [0.3, 0.4) is 0 Å². The third-order valence-corrected chi connectivity index (χ3v) is 2.58. The Balaban J connectivity index is 2.99. The lowest BCUT2D eigenvalue weighted by Crippen LogP contribution is -2.25. The third-order valence-electron chi connectivity index (χ3n) is 2.28. The van der Waals surface area contributed by atoms with Crippen molar-refractivity contribution in [1.29, 1.82) is 0 Å². The first-order valence-electron chi connectivity index (χ1n) is 5.03. The van der Waals surface area contributed by atoms with Crippen LogP contribution in [0.15, 0.2) is 18.2 Å². The molecule has 1 aromatic rings. The van der Waals surface area contributed by atoms with E-state index in [-0.39, 0.29) is 6.54 Å². The molecule has 2 nitrogen and oxygen atoms in total. The number of benzene rings is 1. The van der Waals surface area contributed by atoms with Gasteiger partial charge in [0.1, 0.15) is 0 Å². The van der Waals surface area contributed by atoms with E-state index < -0.39 is 6.43 Å². The topological polar surface area (TPSA) is 29.3 Å². The van der Waals surface area contributed by atoms with E-state index in [2.05, 4.69) is 0 Å². The van der Waals surface area contributed by atoms with E-state index in [1.54, 1.807) is 19.2 Å². The molecule has 0 bridgehead atoms. The molecule has 0 aliphatic heterocycles. The SMILES string of the molecule is CN(CC(F)F)c1c(Cl)cccc1CCN. The minimum Gasteiger partial charge on any atom is -0.367 e. The van der Waals surface area contributed by atoms with Crippen LogP contribution in [-0.2, 0) is 6.42 Å². The maximum absolute atomic E-state index is 12.3. The molecule has 1 rings (SSSR count). The fraction of sp³-hybridized carbons (Fsp3) is 0.455. The van der Waals surface area contributed by atoms with Crippen molar-refractivity contribution >= 4 is 17.3 Å². The average Bonchev–Trinajstić information content (AvgIpc) is 2.16. The second-order valence-electron chi connectivity index (χ2n) is 3.56. The Hall–Kier alpha value is -0.870. The highest BCUT2D eigenvalue weighted by Gasteiger charge is 2.14. The lowest BCUT2D eigenvalue weighted by molar-refractivity contribution is 0.156. The molecular formula is C11H15ClF2N2. The van der Waals surface area contributed by atoms with Gasteiger partial charge in [-0.3, -0.25) is 0 Å². The summed E-state index contributed by atoms with van der Waals surface area (Å²) in [5.41, 5.74) is 7.02. The normalized spacial score (nSPS) is 10.9. The Morgan fingerprint density at radius 3 is 2.69 bits per heavy atom. The van der Waals surface area contributed by atoms with Gasteiger partial charge in [0.2, 0.25) is 0 Å². The Bertz CT molecular complexity index is 345. The van der Waals surface area contributed by atoms with Gasteiger partial charge in [-0.05, 0) is 24.6 Å². The molecule has 0 radical (unpaired) electrons. The molecular weight excluding hydrogens is 234 g/mol. The molecule has 2 N–H and O–H groups in total. The number of alkyl halides is 2. The number of halogens is 3.